The van der Waals surface area contributed by atoms with Crippen molar-refractivity contribution in [1.29, 1.82) is 0 Å². The smallest absolute Gasteiger partial charge is 0.462 e. The third-order valence-corrected chi connectivity index (χ3v) is 18.6. The third-order valence-electron chi connectivity index (χ3n) is 16.7. The highest BCUT2D eigenvalue weighted by Gasteiger charge is 2.30. The van der Waals surface area contributed by atoms with Crippen LogP contribution in [0.4, 0.5) is 0 Å². The Morgan fingerprint density at radius 2 is 0.533 bits per heavy atom. The summed E-state index contributed by atoms with van der Waals surface area (Å²) in [5.74, 6) is 0.820. The van der Waals surface area contributed by atoms with Crippen LogP contribution in [0.1, 0.15) is 351 Å². The number of phosphoric acid groups is 2. The van der Waals surface area contributed by atoms with E-state index in [9.17, 15) is 43.2 Å². The van der Waals surface area contributed by atoms with Gasteiger partial charge in [0, 0.05) is 25.7 Å². The van der Waals surface area contributed by atoms with Crippen molar-refractivity contribution in [3.63, 3.8) is 0 Å². The topological polar surface area (TPSA) is 237 Å². The normalized spacial score (nSPS) is 14.6. The first-order valence-corrected chi connectivity index (χ1v) is 39.7. The Hall–Kier alpha value is -1.94. The van der Waals surface area contributed by atoms with Gasteiger partial charge in [-0.2, -0.15) is 0 Å². The van der Waals surface area contributed by atoms with Crippen molar-refractivity contribution in [2.75, 3.05) is 39.6 Å². The lowest BCUT2D eigenvalue weighted by Crippen LogP contribution is -2.30. The molecule has 0 aliphatic heterocycles. The van der Waals surface area contributed by atoms with Gasteiger partial charge >= 0.3 is 39.5 Å². The number of aliphatic hydroxyl groups excluding tert-OH is 1. The van der Waals surface area contributed by atoms with E-state index >= 15 is 0 Å². The first-order valence-electron chi connectivity index (χ1n) is 36.7. The van der Waals surface area contributed by atoms with Crippen molar-refractivity contribution in [3.05, 3.63) is 0 Å². The molecule has 0 aliphatic rings. The van der Waals surface area contributed by atoms with E-state index in [0.29, 0.717) is 31.6 Å². The summed E-state index contributed by atoms with van der Waals surface area (Å²) in [4.78, 5) is 72.5. The van der Waals surface area contributed by atoms with E-state index in [1.807, 2.05) is 0 Å². The van der Waals surface area contributed by atoms with Gasteiger partial charge in [-0.25, -0.2) is 9.13 Å². The van der Waals surface area contributed by atoms with E-state index in [0.717, 1.165) is 114 Å². The summed E-state index contributed by atoms with van der Waals surface area (Å²) in [5.41, 5.74) is 0. The molecule has 0 bridgehead atoms. The van der Waals surface area contributed by atoms with Crippen molar-refractivity contribution in [3.8, 4) is 0 Å². The molecule has 17 nitrogen and oxygen atoms in total. The molecule has 0 saturated heterocycles. The van der Waals surface area contributed by atoms with Gasteiger partial charge in [-0.15, -0.1) is 0 Å². The van der Waals surface area contributed by atoms with E-state index in [1.165, 1.54) is 148 Å². The number of ether oxygens (including phenoxy) is 4. The number of hydrogen-bond donors (Lipinski definition) is 3. The third kappa shape index (κ3) is 63.5. The van der Waals surface area contributed by atoms with Crippen molar-refractivity contribution in [2.45, 2.75) is 369 Å². The second kappa shape index (κ2) is 60.7. The summed E-state index contributed by atoms with van der Waals surface area (Å²) in [6.45, 7) is 14.0. The van der Waals surface area contributed by atoms with E-state index < -0.39 is 97.5 Å². The molecular weight excluding hydrogens is 1190 g/mol. The van der Waals surface area contributed by atoms with Crippen LogP contribution in [0.5, 0.6) is 0 Å². The second-order valence-electron chi connectivity index (χ2n) is 27.3. The molecule has 0 aromatic rings. The van der Waals surface area contributed by atoms with E-state index in [2.05, 4.69) is 55.4 Å². The zero-order chi connectivity index (χ0) is 66.8. The lowest BCUT2D eigenvalue weighted by Gasteiger charge is -2.21. The molecule has 0 saturated carbocycles. The summed E-state index contributed by atoms with van der Waals surface area (Å²) >= 11 is 0. The first-order chi connectivity index (χ1) is 43.1. The number of carbonyl (C=O) groups is 4. The summed E-state index contributed by atoms with van der Waals surface area (Å²) in [7, 11) is -9.90. The highest BCUT2D eigenvalue weighted by molar-refractivity contribution is 7.47. The summed E-state index contributed by atoms with van der Waals surface area (Å²) in [5, 5.41) is 10.6. The van der Waals surface area contributed by atoms with Gasteiger partial charge in [0.25, 0.3) is 0 Å². The summed E-state index contributed by atoms with van der Waals surface area (Å²) in [6.07, 6.45) is 43.4. The zero-order valence-electron chi connectivity index (χ0n) is 58.8. The predicted molar refractivity (Wildman–Crippen MR) is 363 cm³/mol. The maximum absolute atomic E-state index is 13.0. The molecule has 6 atom stereocenters. The van der Waals surface area contributed by atoms with Crippen molar-refractivity contribution >= 4 is 39.5 Å². The molecule has 0 aromatic carbocycles. The minimum Gasteiger partial charge on any atom is -0.462 e. The lowest BCUT2D eigenvalue weighted by molar-refractivity contribution is -0.161. The first kappa shape index (κ1) is 88.1. The standard InChI is InChI=1S/C71H138O17P2/c1-9-64(8)50-42-34-28-30-38-46-54-71(76)88-67(58-82-69(74)52-44-36-29-27-33-41-49-63(6)7)60-86-90(79,80)84-56-65(72)55-83-89(77,78)85-59-66(57-81-68(73)51-43-35-25-22-18-20-24-32-40-48-62(4)5)87-70(75)53-45-37-26-21-17-15-13-11-10-12-14-16-19-23-31-39-47-61(2)3/h61-67,72H,9-60H2,1-8H3,(H,77,78)(H,79,80)/t64?,65-,66-,67-/m1/s1. The van der Waals surface area contributed by atoms with Crippen molar-refractivity contribution in [2.24, 2.45) is 23.7 Å². The fourth-order valence-electron chi connectivity index (χ4n) is 10.6. The maximum atomic E-state index is 13.0. The fraction of sp³-hybridized carbons (Fsp3) is 0.944. The predicted octanol–water partition coefficient (Wildman–Crippen LogP) is 20.1. The molecule has 3 N–H and O–H groups in total. The quantitative estimate of drug-likeness (QED) is 0.0222. The van der Waals surface area contributed by atoms with E-state index in [-0.39, 0.29) is 25.7 Å². The summed E-state index contributed by atoms with van der Waals surface area (Å²) in [6, 6.07) is 0. The number of hydrogen-bond acceptors (Lipinski definition) is 15. The number of carbonyl (C=O) groups excluding carboxylic acids is 4. The molecular formula is C71H138O17P2. The van der Waals surface area contributed by atoms with E-state index in [1.54, 1.807) is 0 Å². The van der Waals surface area contributed by atoms with Gasteiger partial charge in [0.05, 0.1) is 26.4 Å². The fourth-order valence-corrected chi connectivity index (χ4v) is 12.2. The largest absolute Gasteiger partial charge is 0.472 e. The number of esters is 4. The Bertz CT molecular complexity index is 1780. The van der Waals surface area contributed by atoms with Crippen LogP contribution in [0, 0.1) is 23.7 Å². The van der Waals surface area contributed by atoms with Gasteiger partial charge in [-0.1, -0.05) is 299 Å². The molecule has 90 heavy (non-hydrogen) atoms. The SMILES string of the molecule is CCC(C)CCCCCCCCC(=O)O[C@H](COC(=O)CCCCCCCCC(C)C)COP(=O)(O)OC[C@H](O)COP(=O)(O)OC[C@@H](COC(=O)CCCCCCCCCCCC(C)C)OC(=O)CCCCCCCCCCCCCCCCCCC(C)C. The Balaban J connectivity index is 5.21. The highest BCUT2D eigenvalue weighted by Crippen LogP contribution is 2.45. The molecule has 0 amide bonds. The van der Waals surface area contributed by atoms with Crippen LogP contribution >= 0.6 is 15.6 Å². The van der Waals surface area contributed by atoms with Crippen LogP contribution < -0.4 is 0 Å². The molecule has 0 spiro atoms. The number of rotatable bonds is 68. The van der Waals surface area contributed by atoms with Crippen LogP contribution in [0.25, 0.3) is 0 Å². The van der Waals surface area contributed by atoms with Crippen LogP contribution in [0.2, 0.25) is 0 Å². The highest BCUT2D eigenvalue weighted by atomic mass is 31.2. The molecule has 3 unspecified atom stereocenters. The van der Waals surface area contributed by atoms with Crippen LogP contribution in [0.15, 0.2) is 0 Å². The van der Waals surface area contributed by atoms with Gasteiger partial charge in [0.1, 0.15) is 19.3 Å². The number of unbranched alkanes of at least 4 members (excludes halogenated alkanes) is 33. The van der Waals surface area contributed by atoms with Crippen LogP contribution in [0.3, 0.4) is 0 Å². The Kier molecular flexibility index (Phi) is 59.4. The average Bonchev–Trinajstić information content (AvgIpc) is 2.65. The maximum Gasteiger partial charge on any atom is 0.472 e. The van der Waals surface area contributed by atoms with E-state index in [4.69, 9.17) is 37.0 Å². The van der Waals surface area contributed by atoms with Gasteiger partial charge < -0.3 is 33.8 Å². The monoisotopic (exact) mass is 1320 g/mol. The molecule has 0 aliphatic carbocycles. The Morgan fingerprint density at radius 3 is 0.789 bits per heavy atom. The molecule has 0 radical (unpaired) electrons. The van der Waals surface area contributed by atoms with Gasteiger partial charge in [-0.05, 0) is 49.4 Å². The second-order valence-corrected chi connectivity index (χ2v) is 30.2. The zero-order valence-corrected chi connectivity index (χ0v) is 60.6. The molecule has 0 aromatic heterocycles. The average molecular weight is 1330 g/mol. The Morgan fingerprint density at radius 1 is 0.311 bits per heavy atom. The lowest BCUT2D eigenvalue weighted by atomic mass is 10.00. The van der Waals surface area contributed by atoms with Crippen LogP contribution in [-0.2, 0) is 65.4 Å². The molecule has 0 rings (SSSR count). The summed E-state index contributed by atoms with van der Waals surface area (Å²) < 4.78 is 68.2. The van der Waals surface area contributed by atoms with Crippen molar-refractivity contribution in [1.82, 2.24) is 0 Å². The minimum atomic E-state index is -4.95. The Labute approximate surface area is 549 Å². The van der Waals surface area contributed by atoms with Gasteiger partial charge in [0.15, 0.2) is 12.2 Å². The minimum absolute atomic E-state index is 0.101. The number of phosphoric ester groups is 2. The molecule has 0 heterocycles. The van der Waals surface area contributed by atoms with Gasteiger partial charge in [0.2, 0.25) is 0 Å². The molecule has 0 fully saturated rings. The van der Waals surface area contributed by atoms with Crippen LogP contribution in [-0.4, -0.2) is 96.7 Å². The number of aliphatic hydroxyl groups is 1. The molecule has 534 valence electrons. The van der Waals surface area contributed by atoms with Crippen molar-refractivity contribution < 1.29 is 80.2 Å². The molecule has 19 heteroatoms. The van der Waals surface area contributed by atoms with Gasteiger partial charge in [-0.3, -0.25) is 37.3 Å².